The van der Waals surface area contributed by atoms with Gasteiger partial charge in [-0.25, -0.2) is 0 Å². The molecule has 2 atom stereocenters. The molecule has 0 saturated heterocycles. The molecule has 0 aliphatic rings. The molecule has 0 spiro atoms. The van der Waals surface area contributed by atoms with E-state index in [1.165, 1.54) is 4.88 Å². The van der Waals surface area contributed by atoms with Crippen molar-refractivity contribution in [1.82, 2.24) is 5.32 Å². The lowest BCUT2D eigenvalue weighted by atomic mass is 10.2. The van der Waals surface area contributed by atoms with Crippen LogP contribution in [0.15, 0.2) is 15.9 Å². The van der Waals surface area contributed by atoms with Crippen LogP contribution in [0.5, 0.6) is 0 Å². The summed E-state index contributed by atoms with van der Waals surface area (Å²) in [6.07, 6.45) is 5.30. The van der Waals surface area contributed by atoms with Gasteiger partial charge < -0.3 is 5.73 Å². The van der Waals surface area contributed by atoms with Crippen molar-refractivity contribution < 1.29 is 0 Å². The Morgan fingerprint density at radius 1 is 1.71 bits per heavy atom. The van der Waals surface area contributed by atoms with Gasteiger partial charge in [-0.2, -0.15) is 0 Å². The molecule has 1 aromatic rings. The number of terminal acetylenes is 1. The highest BCUT2D eigenvalue weighted by molar-refractivity contribution is 9.11. The number of hydrogen-bond donors (Lipinski definition) is 2. The average Bonchev–Trinajstić information content (AvgIpc) is 2.60. The fourth-order valence-electron chi connectivity index (χ4n) is 1.13. The normalized spacial score (nSPS) is 14.7. The van der Waals surface area contributed by atoms with Gasteiger partial charge in [-0.1, -0.05) is 5.92 Å². The number of halogens is 1. The second kappa shape index (κ2) is 5.52. The van der Waals surface area contributed by atoms with E-state index in [-0.39, 0.29) is 12.1 Å². The smallest absolute Gasteiger partial charge is 0.0702 e. The molecule has 0 aliphatic carbocycles. The molecule has 4 heteroatoms. The molecule has 1 aromatic heterocycles. The van der Waals surface area contributed by atoms with Gasteiger partial charge in [0.1, 0.15) is 0 Å². The molecule has 14 heavy (non-hydrogen) atoms. The maximum Gasteiger partial charge on any atom is 0.0702 e. The quantitative estimate of drug-likeness (QED) is 0.825. The Kier molecular flexibility index (Phi) is 4.63. The number of hydrogen-bond acceptors (Lipinski definition) is 3. The Labute approximate surface area is 97.0 Å². The Bertz CT molecular complexity index is 329. The van der Waals surface area contributed by atoms with E-state index in [4.69, 9.17) is 12.2 Å². The van der Waals surface area contributed by atoms with Gasteiger partial charge >= 0.3 is 0 Å². The third-order valence-electron chi connectivity index (χ3n) is 1.87. The first-order valence-corrected chi connectivity index (χ1v) is 5.95. The van der Waals surface area contributed by atoms with Crippen LogP contribution in [0.1, 0.15) is 17.8 Å². The lowest BCUT2D eigenvalue weighted by molar-refractivity contribution is 0.525. The zero-order valence-electron chi connectivity index (χ0n) is 7.96. The van der Waals surface area contributed by atoms with Crippen LogP contribution in [0.25, 0.3) is 0 Å². The first kappa shape index (κ1) is 11.7. The van der Waals surface area contributed by atoms with E-state index < -0.39 is 0 Å². The van der Waals surface area contributed by atoms with E-state index in [0.717, 1.165) is 3.79 Å². The lowest BCUT2D eigenvalue weighted by Crippen LogP contribution is -2.33. The van der Waals surface area contributed by atoms with Gasteiger partial charge in [0.2, 0.25) is 0 Å². The second-order valence-corrected chi connectivity index (χ2v) is 5.48. The fraction of sp³-hybridized carbons (Fsp3) is 0.400. The molecule has 0 aromatic carbocycles. The maximum absolute atomic E-state index is 5.68. The van der Waals surface area contributed by atoms with E-state index in [1.807, 2.05) is 13.0 Å². The second-order valence-electron chi connectivity index (χ2n) is 2.99. The van der Waals surface area contributed by atoms with Crippen LogP contribution >= 0.6 is 27.3 Å². The van der Waals surface area contributed by atoms with Gasteiger partial charge in [0.05, 0.1) is 15.9 Å². The van der Waals surface area contributed by atoms with Crippen molar-refractivity contribution in [3.8, 4) is 12.3 Å². The summed E-state index contributed by atoms with van der Waals surface area (Å²) in [5, 5.41) is 3.27. The summed E-state index contributed by atoms with van der Waals surface area (Å²) in [4.78, 5) is 1.21. The Morgan fingerprint density at radius 3 is 2.86 bits per heavy atom. The summed E-state index contributed by atoms with van der Waals surface area (Å²) in [6, 6.07) is 4.27. The summed E-state index contributed by atoms with van der Waals surface area (Å²) in [5.41, 5.74) is 5.68. The van der Waals surface area contributed by atoms with Gasteiger partial charge in [0.25, 0.3) is 0 Å². The summed E-state index contributed by atoms with van der Waals surface area (Å²) in [6.45, 7) is 2.50. The standard InChI is InChI=1S/C10H13BrN2S/c1-3-7(2)13-8(6-12)9-4-5-10(11)14-9/h1,4-5,7-8,13H,6,12H2,2H3. The third kappa shape index (κ3) is 3.10. The van der Waals surface area contributed by atoms with Crippen LogP contribution in [0.4, 0.5) is 0 Å². The molecule has 2 unspecified atom stereocenters. The minimum absolute atomic E-state index is 0.0458. The molecule has 3 N–H and O–H groups in total. The molecule has 1 heterocycles. The molecular formula is C10H13BrN2S. The van der Waals surface area contributed by atoms with E-state index in [9.17, 15) is 0 Å². The molecule has 0 aliphatic heterocycles. The number of thiophene rings is 1. The van der Waals surface area contributed by atoms with E-state index in [0.29, 0.717) is 6.54 Å². The van der Waals surface area contributed by atoms with Gasteiger partial charge in [0.15, 0.2) is 0 Å². The van der Waals surface area contributed by atoms with E-state index in [1.54, 1.807) is 11.3 Å². The minimum atomic E-state index is 0.0458. The molecule has 1 rings (SSSR count). The van der Waals surface area contributed by atoms with E-state index in [2.05, 4.69) is 33.2 Å². The lowest BCUT2D eigenvalue weighted by Gasteiger charge is -2.17. The van der Waals surface area contributed by atoms with Crippen molar-refractivity contribution in [2.75, 3.05) is 6.54 Å². The molecule has 0 radical (unpaired) electrons. The van der Waals surface area contributed by atoms with Gasteiger partial charge in [-0.15, -0.1) is 17.8 Å². The summed E-state index contributed by atoms with van der Waals surface area (Å²) in [5.74, 6) is 2.63. The first-order chi connectivity index (χ1) is 6.67. The molecule has 2 nitrogen and oxygen atoms in total. The monoisotopic (exact) mass is 272 g/mol. The third-order valence-corrected chi connectivity index (χ3v) is 3.61. The van der Waals surface area contributed by atoms with Crippen molar-refractivity contribution in [3.63, 3.8) is 0 Å². The number of rotatable bonds is 4. The highest BCUT2D eigenvalue weighted by Gasteiger charge is 2.13. The number of nitrogens with two attached hydrogens (primary N) is 1. The highest BCUT2D eigenvalue weighted by Crippen LogP contribution is 2.26. The van der Waals surface area contributed by atoms with Crippen molar-refractivity contribution in [2.45, 2.75) is 19.0 Å². The predicted molar refractivity (Wildman–Crippen MR) is 65.2 cm³/mol. The van der Waals surface area contributed by atoms with Crippen LogP contribution in [0, 0.1) is 12.3 Å². The van der Waals surface area contributed by atoms with E-state index >= 15 is 0 Å². The summed E-state index contributed by atoms with van der Waals surface area (Å²) < 4.78 is 1.11. The Balaban J connectivity index is 2.68. The van der Waals surface area contributed by atoms with Crippen molar-refractivity contribution in [1.29, 1.82) is 0 Å². The van der Waals surface area contributed by atoms with Crippen molar-refractivity contribution in [2.24, 2.45) is 5.73 Å². The van der Waals surface area contributed by atoms with Crippen LogP contribution < -0.4 is 11.1 Å². The summed E-state index contributed by atoms with van der Waals surface area (Å²) >= 11 is 5.10. The van der Waals surface area contributed by atoms with Crippen LogP contribution in [0.2, 0.25) is 0 Å². The zero-order chi connectivity index (χ0) is 10.6. The minimum Gasteiger partial charge on any atom is -0.329 e. The Morgan fingerprint density at radius 2 is 2.43 bits per heavy atom. The molecule has 0 fully saturated rings. The van der Waals surface area contributed by atoms with Crippen LogP contribution in [-0.2, 0) is 0 Å². The van der Waals surface area contributed by atoms with Crippen molar-refractivity contribution in [3.05, 3.63) is 20.8 Å². The number of nitrogens with one attached hydrogen (secondary N) is 1. The molecule has 76 valence electrons. The maximum atomic E-state index is 5.68. The van der Waals surface area contributed by atoms with Gasteiger partial charge in [-0.3, -0.25) is 5.32 Å². The van der Waals surface area contributed by atoms with Crippen molar-refractivity contribution >= 4 is 27.3 Å². The van der Waals surface area contributed by atoms with Gasteiger partial charge in [-0.05, 0) is 35.0 Å². The summed E-state index contributed by atoms with van der Waals surface area (Å²) in [7, 11) is 0. The Hall–Kier alpha value is -0.340. The zero-order valence-corrected chi connectivity index (χ0v) is 10.4. The molecule has 0 amide bonds. The molecule has 0 bridgehead atoms. The van der Waals surface area contributed by atoms with Crippen LogP contribution in [0.3, 0.4) is 0 Å². The average molecular weight is 273 g/mol. The first-order valence-electron chi connectivity index (χ1n) is 4.35. The highest BCUT2D eigenvalue weighted by atomic mass is 79.9. The van der Waals surface area contributed by atoms with Gasteiger partial charge in [0, 0.05) is 11.4 Å². The predicted octanol–water partition coefficient (Wildman–Crippen LogP) is 2.12. The topological polar surface area (TPSA) is 38.0 Å². The SMILES string of the molecule is C#CC(C)NC(CN)c1ccc(Br)s1. The molecule has 0 saturated carbocycles. The fourth-order valence-corrected chi connectivity index (χ4v) is 2.63. The molecular weight excluding hydrogens is 260 g/mol. The largest absolute Gasteiger partial charge is 0.329 e. The van der Waals surface area contributed by atoms with Crippen LogP contribution in [-0.4, -0.2) is 12.6 Å².